The van der Waals surface area contributed by atoms with E-state index in [4.69, 9.17) is 13.9 Å². The predicted molar refractivity (Wildman–Crippen MR) is 145 cm³/mol. The van der Waals surface area contributed by atoms with Crippen molar-refractivity contribution < 1.29 is 18.7 Å². The fourth-order valence-electron chi connectivity index (χ4n) is 4.25. The number of nitrogens with zero attached hydrogens (tertiary/aromatic N) is 2. The van der Waals surface area contributed by atoms with Gasteiger partial charge in [-0.15, -0.1) is 0 Å². The molecule has 2 aromatic heterocycles. The van der Waals surface area contributed by atoms with Crippen molar-refractivity contribution in [2.75, 3.05) is 13.7 Å². The van der Waals surface area contributed by atoms with E-state index in [2.05, 4.69) is 20.9 Å². The number of carbonyl (C=O) groups is 1. The Labute approximate surface area is 225 Å². The van der Waals surface area contributed by atoms with Gasteiger partial charge >= 0.3 is 5.97 Å². The summed E-state index contributed by atoms with van der Waals surface area (Å²) < 4.78 is 19.6. The van der Waals surface area contributed by atoms with Crippen molar-refractivity contribution in [1.29, 1.82) is 0 Å². The van der Waals surface area contributed by atoms with Crippen molar-refractivity contribution in [2.45, 2.75) is 19.9 Å². The molecule has 1 unspecified atom stereocenters. The van der Waals surface area contributed by atoms with Crippen LogP contribution < -0.4 is 19.6 Å². The molecule has 0 saturated heterocycles. The van der Waals surface area contributed by atoms with Crippen LogP contribution in [0.3, 0.4) is 0 Å². The maximum absolute atomic E-state index is 13.7. The molecule has 0 spiro atoms. The number of hydrogen-bond acceptors (Lipinski definition) is 7. The zero-order valence-electron chi connectivity index (χ0n) is 20.4. The van der Waals surface area contributed by atoms with E-state index in [0.717, 1.165) is 15.6 Å². The molecule has 2 aromatic carbocycles. The zero-order chi connectivity index (χ0) is 26.1. The quantitative estimate of drug-likeness (QED) is 0.306. The van der Waals surface area contributed by atoms with E-state index in [1.54, 1.807) is 43.7 Å². The predicted octanol–water partition coefficient (Wildman–Crippen LogP) is 4.83. The number of aromatic nitrogens is 1. The molecule has 5 rings (SSSR count). The number of thiazole rings is 1. The number of rotatable bonds is 6. The Balaban J connectivity index is 1.63. The van der Waals surface area contributed by atoms with Crippen LogP contribution in [0.4, 0.5) is 0 Å². The number of halogens is 1. The van der Waals surface area contributed by atoms with Gasteiger partial charge in [0.05, 0.1) is 35.6 Å². The molecular weight excluding hydrogens is 556 g/mol. The average molecular weight is 579 g/mol. The van der Waals surface area contributed by atoms with Crippen LogP contribution in [0.2, 0.25) is 0 Å². The molecule has 0 saturated carbocycles. The second kappa shape index (κ2) is 10.4. The zero-order valence-corrected chi connectivity index (χ0v) is 22.8. The maximum Gasteiger partial charge on any atom is 0.338 e. The van der Waals surface area contributed by atoms with Crippen LogP contribution in [0.25, 0.3) is 17.4 Å². The summed E-state index contributed by atoms with van der Waals surface area (Å²) in [6.07, 6.45) is 1.71. The summed E-state index contributed by atoms with van der Waals surface area (Å²) in [5.41, 5.74) is 2.26. The molecule has 9 heteroatoms. The topological polar surface area (TPSA) is 83.0 Å². The van der Waals surface area contributed by atoms with Crippen LogP contribution in [-0.4, -0.2) is 24.3 Å². The standard InChI is InChI=1S/C28H23BrN2O5S/c1-4-35-27(33)24-16(2)30-28-31(25(24)17-8-10-20(34-3)11-9-17)26(32)23(37-28)15-21-12-13-22(36-21)18-6-5-7-19(29)14-18/h5-15,25H,4H2,1-3H3/b23-15-. The molecule has 188 valence electrons. The number of allylic oxidation sites excluding steroid dienone is 1. The highest BCUT2D eigenvalue weighted by Crippen LogP contribution is 2.31. The lowest BCUT2D eigenvalue weighted by molar-refractivity contribution is -0.139. The molecule has 0 bridgehead atoms. The number of hydrogen-bond donors (Lipinski definition) is 0. The minimum absolute atomic E-state index is 0.216. The smallest absolute Gasteiger partial charge is 0.338 e. The van der Waals surface area contributed by atoms with E-state index >= 15 is 0 Å². The van der Waals surface area contributed by atoms with Gasteiger partial charge in [-0.1, -0.05) is 51.5 Å². The maximum atomic E-state index is 13.7. The lowest BCUT2D eigenvalue weighted by Crippen LogP contribution is -2.39. The van der Waals surface area contributed by atoms with E-state index in [0.29, 0.717) is 37.9 Å². The van der Waals surface area contributed by atoms with E-state index in [1.165, 1.54) is 11.3 Å². The van der Waals surface area contributed by atoms with Gasteiger partial charge in [0.25, 0.3) is 5.56 Å². The fraction of sp³-hybridized carbons (Fsp3) is 0.179. The summed E-state index contributed by atoms with van der Waals surface area (Å²) in [6, 6.07) is 18.1. The molecule has 37 heavy (non-hydrogen) atoms. The number of benzene rings is 2. The minimum atomic E-state index is -0.683. The number of furan rings is 1. The second-order valence-corrected chi connectivity index (χ2v) is 10.2. The molecule has 1 aliphatic rings. The van der Waals surface area contributed by atoms with Gasteiger partial charge in [0.15, 0.2) is 4.80 Å². The summed E-state index contributed by atoms with van der Waals surface area (Å²) in [5.74, 6) is 1.41. The van der Waals surface area contributed by atoms with E-state index in [-0.39, 0.29) is 12.2 Å². The first-order valence-corrected chi connectivity index (χ1v) is 13.2. The molecule has 0 fully saturated rings. The third kappa shape index (κ3) is 4.84. The lowest BCUT2D eigenvalue weighted by Gasteiger charge is -2.24. The molecule has 1 aliphatic heterocycles. The normalized spacial score (nSPS) is 15.4. The van der Waals surface area contributed by atoms with Gasteiger partial charge in [0.2, 0.25) is 0 Å². The first-order valence-electron chi connectivity index (χ1n) is 11.6. The molecular formula is C28H23BrN2O5S. The summed E-state index contributed by atoms with van der Waals surface area (Å²) in [7, 11) is 1.59. The Morgan fingerprint density at radius 1 is 1.19 bits per heavy atom. The Hall–Kier alpha value is -3.69. The summed E-state index contributed by atoms with van der Waals surface area (Å²) >= 11 is 4.73. The van der Waals surface area contributed by atoms with Gasteiger partial charge in [-0.2, -0.15) is 0 Å². The molecule has 0 aliphatic carbocycles. The van der Waals surface area contributed by atoms with Crippen LogP contribution >= 0.6 is 27.3 Å². The molecule has 1 atom stereocenters. The van der Waals surface area contributed by atoms with Crippen molar-refractivity contribution in [3.05, 3.63) is 107 Å². The van der Waals surface area contributed by atoms with Crippen molar-refractivity contribution in [2.24, 2.45) is 4.99 Å². The van der Waals surface area contributed by atoms with Gasteiger partial charge in [0.1, 0.15) is 17.3 Å². The number of ether oxygens (including phenoxy) is 2. The summed E-state index contributed by atoms with van der Waals surface area (Å²) in [6.45, 7) is 3.72. The highest BCUT2D eigenvalue weighted by atomic mass is 79.9. The number of methoxy groups -OCH3 is 1. The average Bonchev–Trinajstić information content (AvgIpc) is 3.48. The lowest BCUT2D eigenvalue weighted by atomic mass is 9.96. The van der Waals surface area contributed by atoms with Gasteiger partial charge in [-0.25, -0.2) is 9.79 Å². The van der Waals surface area contributed by atoms with Crippen molar-refractivity contribution in [1.82, 2.24) is 4.57 Å². The Morgan fingerprint density at radius 2 is 1.97 bits per heavy atom. The molecule has 0 amide bonds. The van der Waals surface area contributed by atoms with Crippen LogP contribution in [0.1, 0.15) is 31.2 Å². The van der Waals surface area contributed by atoms with Crippen molar-refractivity contribution in [3.63, 3.8) is 0 Å². The molecule has 0 radical (unpaired) electrons. The van der Waals surface area contributed by atoms with E-state index in [1.807, 2.05) is 48.5 Å². The summed E-state index contributed by atoms with van der Waals surface area (Å²) in [5, 5.41) is 0. The van der Waals surface area contributed by atoms with Crippen LogP contribution in [0.5, 0.6) is 5.75 Å². The molecule has 0 N–H and O–H groups in total. The van der Waals surface area contributed by atoms with Gasteiger partial charge in [-0.05, 0) is 55.8 Å². The van der Waals surface area contributed by atoms with Crippen LogP contribution in [-0.2, 0) is 9.53 Å². The van der Waals surface area contributed by atoms with Gasteiger partial charge in [-0.3, -0.25) is 9.36 Å². The van der Waals surface area contributed by atoms with E-state index in [9.17, 15) is 9.59 Å². The largest absolute Gasteiger partial charge is 0.497 e. The summed E-state index contributed by atoms with van der Waals surface area (Å²) in [4.78, 5) is 31.8. The van der Waals surface area contributed by atoms with Gasteiger partial charge in [0, 0.05) is 16.1 Å². The monoisotopic (exact) mass is 578 g/mol. The SMILES string of the molecule is CCOC(=O)C1=C(C)N=c2s/c(=C\c3ccc(-c4cccc(Br)c4)o3)c(=O)n2C1c1ccc(OC)cc1. The highest BCUT2D eigenvalue weighted by Gasteiger charge is 2.33. The second-order valence-electron chi connectivity index (χ2n) is 8.29. The molecule has 7 nitrogen and oxygen atoms in total. The first-order chi connectivity index (χ1) is 17.9. The number of fused-ring (bicyclic) bond motifs is 1. The highest BCUT2D eigenvalue weighted by molar-refractivity contribution is 9.10. The van der Waals surface area contributed by atoms with Gasteiger partial charge < -0.3 is 13.9 Å². The minimum Gasteiger partial charge on any atom is -0.497 e. The Kier molecular flexibility index (Phi) is 6.99. The van der Waals surface area contributed by atoms with Crippen LogP contribution in [0.15, 0.2) is 90.6 Å². The molecule has 3 heterocycles. The van der Waals surface area contributed by atoms with E-state index < -0.39 is 12.0 Å². The number of esters is 1. The first kappa shape index (κ1) is 25.0. The number of carbonyl (C=O) groups excluding carboxylic acids is 1. The van der Waals surface area contributed by atoms with Crippen molar-refractivity contribution in [3.8, 4) is 17.1 Å². The third-order valence-corrected chi connectivity index (χ3v) is 7.43. The Bertz CT molecular complexity index is 1700. The fourth-order valence-corrected chi connectivity index (χ4v) is 5.68. The van der Waals surface area contributed by atoms with Crippen LogP contribution in [0, 0.1) is 0 Å². The van der Waals surface area contributed by atoms with Crippen molar-refractivity contribution >= 4 is 39.3 Å². The third-order valence-electron chi connectivity index (χ3n) is 5.96. The molecule has 4 aromatic rings. The Morgan fingerprint density at radius 3 is 2.68 bits per heavy atom.